The van der Waals surface area contributed by atoms with E-state index in [0.717, 1.165) is 19.3 Å². The Labute approximate surface area is 137 Å². The second-order valence-corrected chi connectivity index (χ2v) is 5.69. The molecule has 0 aliphatic rings. The van der Waals surface area contributed by atoms with Crippen molar-refractivity contribution in [3.63, 3.8) is 0 Å². The van der Waals surface area contributed by atoms with Crippen LogP contribution in [-0.2, 0) is 14.3 Å². The van der Waals surface area contributed by atoms with Crippen molar-refractivity contribution in [3.05, 3.63) is 0 Å². The molecule has 0 rings (SSSR count). The molecule has 0 aliphatic carbocycles. The van der Waals surface area contributed by atoms with Crippen LogP contribution in [0.3, 0.4) is 0 Å². The van der Waals surface area contributed by atoms with E-state index in [0.29, 0.717) is 6.42 Å². The van der Waals surface area contributed by atoms with Crippen LogP contribution < -0.4 is 0 Å². The molecule has 0 saturated heterocycles. The van der Waals surface area contributed by atoms with Gasteiger partial charge in [-0.15, -0.1) is 0 Å². The first-order valence-electron chi connectivity index (χ1n) is 8.27. The average Bonchev–Trinajstić information content (AvgIpc) is 2.56. The molecule has 0 aromatic heterocycles. The molecule has 4 atom stereocenters. The maximum atomic E-state index is 11.6. The van der Waals surface area contributed by atoms with E-state index in [4.69, 9.17) is 9.84 Å². The van der Waals surface area contributed by atoms with Crippen molar-refractivity contribution >= 4 is 12.3 Å². The summed E-state index contributed by atoms with van der Waals surface area (Å²) in [6.45, 7) is 1.36. The molecule has 0 heterocycles. The van der Waals surface area contributed by atoms with Gasteiger partial charge in [0.2, 0.25) is 0 Å². The molecule has 136 valence electrons. The van der Waals surface area contributed by atoms with Crippen molar-refractivity contribution in [2.24, 2.45) is 0 Å². The SMILES string of the molecule is CCCCCCCCCC(=O)O[C@@H](C=O)[C@@H](O)[C@H](O)[C@H](O)CO. The van der Waals surface area contributed by atoms with Gasteiger partial charge in [0.15, 0.2) is 12.4 Å². The quantitative estimate of drug-likeness (QED) is 0.205. The summed E-state index contributed by atoms with van der Waals surface area (Å²) in [6.07, 6.45) is 0.842. The van der Waals surface area contributed by atoms with Crippen LogP contribution in [0.4, 0.5) is 0 Å². The van der Waals surface area contributed by atoms with Crippen molar-refractivity contribution < 1.29 is 34.8 Å². The number of rotatable bonds is 14. The van der Waals surface area contributed by atoms with E-state index in [1.165, 1.54) is 19.3 Å². The first kappa shape index (κ1) is 22.0. The van der Waals surface area contributed by atoms with E-state index < -0.39 is 37.0 Å². The zero-order valence-electron chi connectivity index (χ0n) is 13.8. The molecular weight excluding hydrogens is 304 g/mol. The Morgan fingerprint density at radius 2 is 1.57 bits per heavy atom. The summed E-state index contributed by atoms with van der Waals surface area (Å²) in [4.78, 5) is 22.5. The lowest BCUT2D eigenvalue weighted by molar-refractivity contribution is -0.168. The van der Waals surface area contributed by atoms with E-state index in [9.17, 15) is 24.9 Å². The molecule has 0 radical (unpaired) electrons. The number of hydrogen-bond donors (Lipinski definition) is 4. The topological polar surface area (TPSA) is 124 Å². The number of aldehydes is 1. The fourth-order valence-electron chi connectivity index (χ4n) is 2.15. The first-order chi connectivity index (χ1) is 11.0. The van der Waals surface area contributed by atoms with Gasteiger partial charge in [0.05, 0.1) is 6.61 Å². The Kier molecular flexibility index (Phi) is 12.8. The molecule has 4 N–H and O–H groups in total. The highest BCUT2D eigenvalue weighted by molar-refractivity contribution is 5.72. The first-order valence-corrected chi connectivity index (χ1v) is 8.27. The number of unbranched alkanes of at least 4 members (excludes halogenated alkanes) is 6. The summed E-state index contributed by atoms with van der Waals surface area (Å²) in [5, 5.41) is 37.1. The maximum Gasteiger partial charge on any atom is 0.306 e. The van der Waals surface area contributed by atoms with Gasteiger partial charge in [0.1, 0.15) is 18.3 Å². The van der Waals surface area contributed by atoms with E-state index in [2.05, 4.69) is 6.92 Å². The van der Waals surface area contributed by atoms with Crippen molar-refractivity contribution in [1.82, 2.24) is 0 Å². The molecule has 0 unspecified atom stereocenters. The molecular formula is C16H30O7. The number of carbonyl (C=O) groups is 2. The summed E-state index contributed by atoms with van der Waals surface area (Å²) >= 11 is 0. The normalized spacial score (nSPS) is 16.4. The minimum Gasteiger partial charge on any atom is -0.452 e. The Hall–Kier alpha value is -1.02. The molecule has 7 heteroatoms. The van der Waals surface area contributed by atoms with Crippen LogP contribution in [0.1, 0.15) is 58.3 Å². The summed E-state index contributed by atoms with van der Waals surface area (Å²) in [5.74, 6) is -0.639. The molecule has 0 aliphatic heterocycles. The summed E-state index contributed by atoms with van der Waals surface area (Å²) in [7, 11) is 0. The highest BCUT2D eigenvalue weighted by Crippen LogP contribution is 2.11. The third-order valence-corrected chi connectivity index (χ3v) is 3.65. The third kappa shape index (κ3) is 9.65. The fourth-order valence-corrected chi connectivity index (χ4v) is 2.15. The van der Waals surface area contributed by atoms with Gasteiger partial charge in [0, 0.05) is 6.42 Å². The number of aliphatic hydroxyl groups excluding tert-OH is 4. The van der Waals surface area contributed by atoms with Gasteiger partial charge in [-0.1, -0.05) is 45.4 Å². The van der Waals surface area contributed by atoms with Crippen LogP contribution in [-0.4, -0.2) is 63.7 Å². The van der Waals surface area contributed by atoms with E-state index in [1.807, 2.05) is 0 Å². The standard InChI is InChI=1S/C16H30O7/c1-2-3-4-5-6-7-8-9-14(20)23-13(11-18)16(22)15(21)12(19)10-17/h11-13,15-17,19,21-22H,2-10H2,1H3/t12-,13+,15-,16-/m1/s1. The van der Waals surface area contributed by atoms with Crippen molar-refractivity contribution in [2.75, 3.05) is 6.61 Å². The highest BCUT2D eigenvalue weighted by atomic mass is 16.6. The smallest absolute Gasteiger partial charge is 0.306 e. The molecule has 0 aromatic carbocycles. The summed E-state index contributed by atoms with van der Waals surface area (Å²) in [5.41, 5.74) is 0. The molecule has 0 fully saturated rings. The predicted octanol–water partition coefficient (Wildman–Crippen LogP) is 0.313. The average molecular weight is 334 g/mol. The lowest BCUT2D eigenvalue weighted by Gasteiger charge is -2.25. The maximum absolute atomic E-state index is 11.6. The van der Waals surface area contributed by atoms with Crippen molar-refractivity contribution in [1.29, 1.82) is 0 Å². The molecule has 0 spiro atoms. The van der Waals surface area contributed by atoms with Gasteiger partial charge in [-0.3, -0.25) is 9.59 Å². The van der Waals surface area contributed by atoms with Crippen LogP contribution in [0.15, 0.2) is 0 Å². The highest BCUT2D eigenvalue weighted by Gasteiger charge is 2.33. The molecule has 0 bridgehead atoms. The predicted molar refractivity (Wildman–Crippen MR) is 83.7 cm³/mol. The van der Waals surface area contributed by atoms with Gasteiger partial charge in [-0.25, -0.2) is 0 Å². The fraction of sp³-hybridized carbons (Fsp3) is 0.875. The van der Waals surface area contributed by atoms with E-state index in [-0.39, 0.29) is 12.7 Å². The van der Waals surface area contributed by atoms with Crippen molar-refractivity contribution in [3.8, 4) is 0 Å². The number of ether oxygens (including phenoxy) is 1. The summed E-state index contributed by atoms with van der Waals surface area (Å²) in [6, 6.07) is 0. The van der Waals surface area contributed by atoms with Gasteiger partial charge in [0.25, 0.3) is 0 Å². The molecule has 0 saturated carbocycles. The van der Waals surface area contributed by atoms with Crippen LogP contribution >= 0.6 is 0 Å². The zero-order chi connectivity index (χ0) is 17.7. The Morgan fingerprint density at radius 1 is 1.00 bits per heavy atom. The summed E-state index contributed by atoms with van der Waals surface area (Å²) < 4.78 is 4.81. The van der Waals surface area contributed by atoms with Crippen molar-refractivity contribution in [2.45, 2.75) is 82.7 Å². The Morgan fingerprint density at radius 3 is 2.09 bits per heavy atom. The third-order valence-electron chi connectivity index (χ3n) is 3.65. The van der Waals surface area contributed by atoms with E-state index in [1.54, 1.807) is 0 Å². The lowest BCUT2D eigenvalue weighted by atomic mass is 10.0. The Bertz CT molecular complexity index is 322. The molecule has 0 amide bonds. The van der Waals surface area contributed by atoms with Gasteiger partial charge >= 0.3 is 5.97 Å². The van der Waals surface area contributed by atoms with Crippen LogP contribution in [0.2, 0.25) is 0 Å². The molecule has 23 heavy (non-hydrogen) atoms. The largest absolute Gasteiger partial charge is 0.452 e. The van der Waals surface area contributed by atoms with Crippen LogP contribution in [0, 0.1) is 0 Å². The van der Waals surface area contributed by atoms with E-state index >= 15 is 0 Å². The van der Waals surface area contributed by atoms with Crippen LogP contribution in [0.25, 0.3) is 0 Å². The lowest BCUT2D eigenvalue weighted by Crippen LogP contribution is -2.48. The second kappa shape index (κ2) is 13.4. The minimum absolute atomic E-state index is 0.128. The molecule has 0 aromatic rings. The van der Waals surface area contributed by atoms with Gasteiger partial charge in [-0.05, 0) is 6.42 Å². The molecule has 7 nitrogen and oxygen atoms in total. The number of esters is 1. The number of hydrogen-bond acceptors (Lipinski definition) is 7. The minimum atomic E-state index is -1.78. The van der Waals surface area contributed by atoms with Gasteiger partial charge in [-0.2, -0.15) is 0 Å². The number of carbonyl (C=O) groups excluding carboxylic acids is 2. The monoisotopic (exact) mass is 334 g/mol. The Balaban J connectivity index is 4.02. The second-order valence-electron chi connectivity index (χ2n) is 5.69. The zero-order valence-corrected chi connectivity index (χ0v) is 13.8. The van der Waals surface area contributed by atoms with Gasteiger partial charge < -0.3 is 25.2 Å². The number of aliphatic hydroxyl groups is 4. The van der Waals surface area contributed by atoms with Crippen LogP contribution in [0.5, 0.6) is 0 Å².